The van der Waals surface area contributed by atoms with Crippen molar-refractivity contribution in [1.82, 2.24) is 10.2 Å². The second-order valence-electron chi connectivity index (χ2n) is 5.13. The Balaban J connectivity index is 2.28. The number of hydrogen-bond donors (Lipinski definition) is 2. The highest BCUT2D eigenvalue weighted by molar-refractivity contribution is 5.78. The van der Waals surface area contributed by atoms with Gasteiger partial charge < -0.3 is 10.4 Å². The minimum atomic E-state index is -0.260. The van der Waals surface area contributed by atoms with Gasteiger partial charge in [-0.25, -0.2) is 0 Å². The van der Waals surface area contributed by atoms with Crippen LogP contribution in [0.4, 0.5) is 0 Å². The second-order valence-corrected chi connectivity index (χ2v) is 5.13. The zero-order valence-electron chi connectivity index (χ0n) is 10.6. The van der Waals surface area contributed by atoms with Crippen molar-refractivity contribution in [3.05, 3.63) is 0 Å². The maximum absolute atomic E-state index is 11.7. The van der Waals surface area contributed by atoms with E-state index in [-0.39, 0.29) is 18.1 Å². The monoisotopic (exact) mass is 228 g/mol. The molecule has 1 heterocycles. The molecule has 94 valence electrons. The van der Waals surface area contributed by atoms with Gasteiger partial charge >= 0.3 is 0 Å². The molecule has 0 saturated carbocycles. The topological polar surface area (TPSA) is 52.6 Å². The minimum absolute atomic E-state index is 0.0651. The van der Waals surface area contributed by atoms with Gasteiger partial charge in [-0.05, 0) is 32.2 Å². The third-order valence-corrected chi connectivity index (χ3v) is 3.24. The summed E-state index contributed by atoms with van der Waals surface area (Å²) < 4.78 is 0. The third-order valence-electron chi connectivity index (χ3n) is 3.24. The Hall–Kier alpha value is -0.610. The lowest BCUT2D eigenvalue weighted by atomic mass is 10.1. The van der Waals surface area contributed by atoms with Crippen molar-refractivity contribution < 1.29 is 9.90 Å². The average molecular weight is 228 g/mol. The molecule has 0 aromatic carbocycles. The van der Waals surface area contributed by atoms with Crippen LogP contribution in [-0.2, 0) is 4.79 Å². The first-order valence-electron chi connectivity index (χ1n) is 6.19. The molecule has 0 aromatic rings. The van der Waals surface area contributed by atoms with Gasteiger partial charge in [0.2, 0.25) is 5.91 Å². The first-order valence-corrected chi connectivity index (χ1v) is 6.19. The van der Waals surface area contributed by atoms with E-state index in [4.69, 9.17) is 0 Å². The van der Waals surface area contributed by atoms with Crippen LogP contribution in [0.15, 0.2) is 0 Å². The Morgan fingerprint density at radius 1 is 1.50 bits per heavy atom. The first-order chi connectivity index (χ1) is 7.49. The van der Waals surface area contributed by atoms with Gasteiger partial charge in [0.05, 0.1) is 12.6 Å². The van der Waals surface area contributed by atoms with Gasteiger partial charge in [0, 0.05) is 12.6 Å². The Labute approximate surface area is 98.0 Å². The van der Waals surface area contributed by atoms with E-state index in [0.717, 1.165) is 19.4 Å². The average Bonchev–Trinajstić information content (AvgIpc) is 2.16. The normalized spacial score (nSPS) is 24.4. The molecule has 0 aliphatic carbocycles. The van der Waals surface area contributed by atoms with Gasteiger partial charge in [0.1, 0.15) is 0 Å². The summed E-state index contributed by atoms with van der Waals surface area (Å²) in [5, 5.41) is 12.5. The molecule has 4 heteroatoms. The fourth-order valence-corrected chi connectivity index (χ4v) is 1.84. The molecule has 1 rings (SSSR count). The SMILES string of the molecule is CC(C)C(C)NC(=O)CN1CCCC(O)C1. The number of likely N-dealkylation sites (tertiary alicyclic amines) is 1. The number of aliphatic hydroxyl groups excluding tert-OH is 1. The van der Waals surface area contributed by atoms with Crippen LogP contribution < -0.4 is 5.32 Å². The number of nitrogens with one attached hydrogen (secondary N) is 1. The van der Waals surface area contributed by atoms with Crippen LogP contribution in [0.3, 0.4) is 0 Å². The van der Waals surface area contributed by atoms with E-state index in [2.05, 4.69) is 19.2 Å². The van der Waals surface area contributed by atoms with E-state index in [1.807, 2.05) is 11.8 Å². The van der Waals surface area contributed by atoms with Gasteiger partial charge in [0.25, 0.3) is 0 Å². The quantitative estimate of drug-likeness (QED) is 0.741. The first kappa shape index (κ1) is 13.5. The van der Waals surface area contributed by atoms with Crippen molar-refractivity contribution >= 4 is 5.91 Å². The van der Waals surface area contributed by atoms with Gasteiger partial charge in [-0.15, -0.1) is 0 Å². The Kier molecular flexibility index (Phi) is 5.22. The van der Waals surface area contributed by atoms with E-state index < -0.39 is 0 Å². The third kappa shape index (κ3) is 4.49. The second kappa shape index (κ2) is 6.21. The van der Waals surface area contributed by atoms with E-state index in [0.29, 0.717) is 19.0 Å². The molecule has 0 spiro atoms. The molecular formula is C12H24N2O2. The molecule has 1 amide bonds. The smallest absolute Gasteiger partial charge is 0.234 e. The van der Waals surface area contributed by atoms with Crippen molar-refractivity contribution in [2.75, 3.05) is 19.6 Å². The Morgan fingerprint density at radius 2 is 2.19 bits per heavy atom. The molecule has 2 unspecified atom stereocenters. The number of piperidine rings is 1. The summed E-state index contributed by atoms with van der Waals surface area (Å²) in [4.78, 5) is 13.7. The maximum atomic E-state index is 11.7. The molecule has 4 nitrogen and oxygen atoms in total. The van der Waals surface area contributed by atoms with Crippen LogP contribution in [0.5, 0.6) is 0 Å². The number of amides is 1. The lowest BCUT2D eigenvalue weighted by Crippen LogP contribution is -2.46. The fourth-order valence-electron chi connectivity index (χ4n) is 1.84. The Bertz CT molecular complexity index is 231. The molecule has 0 bridgehead atoms. The molecule has 1 aliphatic rings. The highest BCUT2D eigenvalue weighted by Gasteiger charge is 2.20. The molecule has 1 aliphatic heterocycles. The molecule has 16 heavy (non-hydrogen) atoms. The standard InChI is InChI=1S/C12H24N2O2/c1-9(2)10(3)13-12(16)8-14-6-4-5-11(15)7-14/h9-11,15H,4-8H2,1-3H3,(H,13,16). The van der Waals surface area contributed by atoms with E-state index in [1.54, 1.807) is 0 Å². The summed E-state index contributed by atoms with van der Waals surface area (Å²) in [6, 6.07) is 0.210. The molecule has 0 radical (unpaired) electrons. The largest absolute Gasteiger partial charge is 0.392 e. The van der Waals surface area contributed by atoms with Crippen molar-refractivity contribution in [2.24, 2.45) is 5.92 Å². The fraction of sp³-hybridized carbons (Fsp3) is 0.917. The summed E-state index contributed by atoms with van der Waals surface area (Å²) in [6.45, 7) is 8.16. The van der Waals surface area contributed by atoms with Gasteiger partial charge in [0.15, 0.2) is 0 Å². The number of rotatable bonds is 4. The van der Waals surface area contributed by atoms with E-state index >= 15 is 0 Å². The zero-order chi connectivity index (χ0) is 12.1. The van der Waals surface area contributed by atoms with Gasteiger partial charge in [-0.2, -0.15) is 0 Å². The van der Waals surface area contributed by atoms with Crippen molar-refractivity contribution in [3.63, 3.8) is 0 Å². The molecule has 2 atom stereocenters. The molecule has 0 aromatic heterocycles. The number of hydrogen-bond acceptors (Lipinski definition) is 3. The highest BCUT2D eigenvalue weighted by atomic mass is 16.3. The summed E-state index contributed by atoms with van der Waals surface area (Å²) in [7, 11) is 0. The lowest BCUT2D eigenvalue weighted by Gasteiger charge is -2.30. The van der Waals surface area contributed by atoms with Gasteiger partial charge in [-0.3, -0.25) is 9.69 Å². The molecule has 1 fully saturated rings. The summed E-state index contributed by atoms with van der Waals surface area (Å²) in [5.41, 5.74) is 0. The van der Waals surface area contributed by atoms with E-state index in [1.165, 1.54) is 0 Å². The molecule has 1 saturated heterocycles. The van der Waals surface area contributed by atoms with Crippen LogP contribution in [-0.4, -0.2) is 47.7 Å². The van der Waals surface area contributed by atoms with Crippen molar-refractivity contribution in [3.8, 4) is 0 Å². The predicted molar refractivity (Wildman–Crippen MR) is 64.1 cm³/mol. The van der Waals surface area contributed by atoms with Crippen LogP contribution in [0.2, 0.25) is 0 Å². The minimum Gasteiger partial charge on any atom is -0.392 e. The number of nitrogens with zero attached hydrogens (tertiary/aromatic N) is 1. The lowest BCUT2D eigenvalue weighted by molar-refractivity contribution is -0.123. The number of aliphatic hydroxyl groups is 1. The summed E-state index contributed by atoms with van der Waals surface area (Å²) in [5.74, 6) is 0.520. The van der Waals surface area contributed by atoms with Crippen LogP contribution in [0.25, 0.3) is 0 Å². The van der Waals surface area contributed by atoms with Gasteiger partial charge in [-0.1, -0.05) is 13.8 Å². The maximum Gasteiger partial charge on any atom is 0.234 e. The molecular weight excluding hydrogens is 204 g/mol. The van der Waals surface area contributed by atoms with Crippen LogP contribution in [0.1, 0.15) is 33.6 Å². The number of β-amino-alcohol motifs (C(OH)–C–C–N with tert-alkyl or cyclic N) is 1. The number of carbonyl (C=O) groups excluding carboxylic acids is 1. The van der Waals surface area contributed by atoms with Crippen LogP contribution >= 0.6 is 0 Å². The predicted octanol–water partition coefficient (Wildman–Crippen LogP) is 0.604. The summed E-state index contributed by atoms with van der Waals surface area (Å²) >= 11 is 0. The van der Waals surface area contributed by atoms with Crippen molar-refractivity contribution in [1.29, 1.82) is 0 Å². The number of carbonyl (C=O) groups is 1. The van der Waals surface area contributed by atoms with Crippen LogP contribution in [0, 0.1) is 5.92 Å². The van der Waals surface area contributed by atoms with Crippen molar-refractivity contribution in [2.45, 2.75) is 45.8 Å². The Morgan fingerprint density at radius 3 is 2.75 bits per heavy atom. The summed E-state index contributed by atoms with van der Waals surface area (Å²) in [6.07, 6.45) is 1.58. The van der Waals surface area contributed by atoms with E-state index in [9.17, 15) is 9.90 Å². The highest BCUT2D eigenvalue weighted by Crippen LogP contribution is 2.09. The molecule has 2 N–H and O–H groups in total. The zero-order valence-corrected chi connectivity index (χ0v) is 10.6.